The molecule has 0 radical (unpaired) electrons. The Morgan fingerprint density at radius 3 is 2.74 bits per heavy atom. The number of ether oxygens (including phenoxy) is 1. The third-order valence-corrected chi connectivity index (χ3v) is 2.82. The molecule has 19 heavy (non-hydrogen) atoms. The summed E-state index contributed by atoms with van der Waals surface area (Å²) in [5, 5.41) is 2.65. The molecule has 1 heterocycles. The topological polar surface area (TPSA) is 58.6 Å². The van der Waals surface area contributed by atoms with Crippen LogP contribution in [0.1, 0.15) is 6.92 Å². The molecule has 1 saturated heterocycles. The van der Waals surface area contributed by atoms with Gasteiger partial charge in [-0.2, -0.15) is 0 Å². The number of piperazine rings is 1. The molecule has 2 rings (SSSR count). The molecule has 1 atom stereocenters. The molecule has 1 aromatic carbocycles. The molecule has 1 aliphatic heterocycles. The highest BCUT2D eigenvalue weighted by Crippen LogP contribution is 2.14. The van der Waals surface area contributed by atoms with E-state index in [1.807, 2.05) is 0 Å². The molecular weight excluding hydrogens is 251 g/mol. The first-order valence-corrected chi connectivity index (χ1v) is 6.04. The van der Waals surface area contributed by atoms with Gasteiger partial charge in [0.05, 0.1) is 6.54 Å². The highest BCUT2D eigenvalue weighted by Gasteiger charge is 2.26. The molecule has 0 aliphatic carbocycles. The molecule has 0 spiro atoms. The number of benzene rings is 1. The van der Waals surface area contributed by atoms with Crippen molar-refractivity contribution in [2.45, 2.75) is 13.0 Å². The zero-order chi connectivity index (χ0) is 13.8. The van der Waals surface area contributed by atoms with Crippen molar-refractivity contribution in [1.29, 1.82) is 0 Å². The van der Waals surface area contributed by atoms with Gasteiger partial charge in [-0.15, -0.1) is 0 Å². The van der Waals surface area contributed by atoms with Crippen molar-refractivity contribution in [2.24, 2.45) is 0 Å². The van der Waals surface area contributed by atoms with Crippen LogP contribution in [0, 0.1) is 5.82 Å². The van der Waals surface area contributed by atoms with E-state index >= 15 is 0 Å². The van der Waals surface area contributed by atoms with E-state index in [9.17, 15) is 14.0 Å². The molecule has 5 nitrogen and oxygen atoms in total. The summed E-state index contributed by atoms with van der Waals surface area (Å²) >= 11 is 0. The van der Waals surface area contributed by atoms with E-state index in [1.54, 1.807) is 6.92 Å². The summed E-state index contributed by atoms with van der Waals surface area (Å²) in [6, 6.07) is 5.45. The van der Waals surface area contributed by atoms with Crippen molar-refractivity contribution < 1.29 is 18.7 Å². The molecule has 6 heteroatoms. The fraction of sp³-hybridized carbons (Fsp3) is 0.385. The number of carbonyl (C=O) groups excluding carboxylic acids is 2. The molecule has 2 amide bonds. The van der Waals surface area contributed by atoms with Gasteiger partial charge in [0.15, 0.2) is 6.10 Å². The van der Waals surface area contributed by atoms with E-state index < -0.39 is 6.10 Å². The van der Waals surface area contributed by atoms with Crippen LogP contribution in [0.25, 0.3) is 0 Å². The summed E-state index contributed by atoms with van der Waals surface area (Å²) in [7, 11) is 0. The Labute approximate surface area is 110 Å². The van der Waals surface area contributed by atoms with Gasteiger partial charge < -0.3 is 15.0 Å². The molecule has 0 aromatic heterocycles. The van der Waals surface area contributed by atoms with Crippen LogP contribution >= 0.6 is 0 Å². The second-order valence-corrected chi connectivity index (χ2v) is 4.32. The predicted molar refractivity (Wildman–Crippen MR) is 66.1 cm³/mol. The number of halogens is 1. The number of amides is 2. The minimum atomic E-state index is -0.712. The SMILES string of the molecule is CC(Oc1ccc(F)cc1)C(=O)N1CCNC(=O)C1. The molecule has 0 saturated carbocycles. The average Bonchev–Trinajstić information content (AvgIpc) is 2.40. The molecular formula is C13H15FN2O3. The predicted octanol–water partition coefficient (Wildman–Crippen LogP) is 0.551. The molecule has 0 bridgehead atoms. The van der Waals surface area contributed by atoms with Crippen LogP contribution in [0.2, 0.25) is 0 Å². The van der Waals surface area contributed by atoms with Gasteiger partial charge in [-0.25, -0.2) is 4.39 Å². The first-order chi connectivity index (χ1) is 9.06. The normalized spacial score (nSPS) is 16.7. The van der Waals surface area contributed by atoms with Crippen molar-refractivity contribution in [2.75, 3.05) is 19.6 Å². The zero-order valence-corrected chi connectivity index (χ0v) is 10.6. The molecule has 1 fully saturated rings. The highest BCUT2D eigenvalue weighted by atomic mass is 19.1. The fourth-order valence-corrected chi connectivity index (χ4v) is 1.85. The maximum Gasteiger partial charge on any atom is 0.263 e. The standard InChI is InChI=1S/C13H15FN2O3/c1-9(19-11-4-2-10(14)3-5-11)13(18)16-7-6-15-12(17)8-16/h2-5,9H,6-8H2,1H3,(H,15,17). The third-order valence-electron chi connectivity index (χ3n) is 2.82. The van der Waals surface area contributed by atoms with Crippen LogP contribution in [0.15, 0.2) is 24.3 Å². The summed E-state index contributed by atoms with van der Waals surface area (Å²) in [6.45, 7) is 2.59. The van der Waals surface area contributed by atoms with Crippen molar-refractivity contribution in [3.05, 3.63) is 30.1 Å². The molecule has 1 unspecified atom stereocenters. The largest absolute Gasteiger partial charge is 0.481 e. The molecule has 1 N–H and O–H groups in total. The number of nitrogens with one attached hydrogen (secondary N) is 1. The number of carbonyl (C=O) groups is 2. The number of hydrogen-bond acceptors (Lipinski definition) is 3. The van der Waals surface area contributed by atoms with Crippen LogP contribution in [-0.4, -0.2) is 42.5 Å². The van der Waals surface area contributed by atoms with Gasteiger partial charge in [-0.05, 0) is 31.2 Å². The van der Waals surface area contributed by atoms with Gasteiger partial charge in [0.1, 0.15) is 11.6 Å². The van der Waals surface area contributed by atoms with Gasteiger partial charge in [-0.1, -0.05) is 0 Å². The van der Waals surface area contributed by atoms with E-state index in [4.69, 9.17) is 4.74 Å². The van der Waals surface area contributed by atoms with Crippen LogP contribution in [0.3, 0.4) is 0 Å². The van der Waals surface area contributed by atoms with Crippen molar-refractivity contribution in [3.63, 3.8) is 0 Å². The Hall–Kier alpha value is -2.11. The van der Waals surface area contributed by atoms with Crippen LogP contribution < -0.4 is 10.1 Å². The maximum atomic E-state index is 12.7. The van der Waals surface area contributed by atoms with Crippen LogP contribution in [0.5, 0.6) is 5.75 Å². The van der Waals surface area contributed by atoms with Gasteiger partial charge in [0.25, 0.3) is 5.91 Å². The lowest BCUT2D eigenvalue weighted by Crippen LogP contribution is -2.53. The minimum Gasteiger partial charge on any atom is -0.481 e. The third kappa shape index (κ3) is 3.43. The van der Waals surface area contributed by atoms with Gasteiger partial charge >= 0.3 is 0 Å². The lowest BCUT2D eigenvalue weighted by atomic mass is 10.2. The van der Waals surface area contributed by atoms with E-state index in [1.165, 1.54) is 29.2 Å². The Morgan fingerprint density at radius 1 is 1.42 bits per heavy atom. The van der Waals surface area contributed by atoms with Crippen molar-refractivity contribution in [3.8, 4) is 5.75 Å². The van der Waals surface area contributed by atoms with Crippen molar-refractivity contribution >= 4 is 11.8 Å². The maximum absolute atomic E-state index is 12.7. The zero-order valence-electron chi connectivity index (χ0n) is 10.6. The number of nitrogens with zero attached hydrogens (tertiary/aromatic N) is 1. The summed E-state index contributed by atoms with van der Waals surface area (Å²) in [5.41, 5.74) is 0. The van der Waals surface area contributed by atoms with E-state index in [0.29, 0.717) is 18.8 Å². The quantitative estimate of drug-likeness (QED) is 0.869. The lowest BCUT2D eigenvalue weighted by molar-refractivity contribution is -0.143. The lowest BCUT2D eigenvalue weighted by Gasteiger charge is -2.29. The second-order valence-electron chi connectivity index (χ2n) is 4.32. The monoisotopic (exact) mass is 266 g/mol. The average molecular weight is 266 g/mol. The summed E-state index contributed by atoms with van der Waals surface area (Å²) in [5.74, 6) is -0.365. The summed E-state index contributed by atoms with van der Waals surface area (Å²) < 4.78 is 18.2. The Balaban J connectivity index is 1.95. The number of rotatable bonds is 3. The molecule has 1 aliphatic rings. The molecule has 102 valence electrons. The Morgan fingerprint density at radius 2 is 2.11 bits per heavy atom. The van der Waals surface area contributed by atoms with Crippen LogP contribution in [-0.2, 0) is 9.59 Å². The van der Waals surface area contributed by atoms with Gasteiger partial charge in [-0.3, -0.25) is 9.59 Å². The summed E-state index contributed by atoms with van der Waals surface area (Å²) in [4.78, 5) is 24.7. The first-order valence-electron chi connectivity index (χ1n) is 6.04. The van der Waals surface area contributed by atoms with E-state index in [-0.39, 0.29) is 24.2 Å². The summed E-state index contributed by atoms with van der Waals surface area (Å²) in [6.07, 6.45) is -0.712. The van der Waals surface area contributed by atoms with E-state index in [2.05, 4.69) is 5.32 Å². The van der Waals surface area contributed by atoms with Crippen LogP contribution in [0.4, 0.5) is 4.39 Å². The fourth-order valence-electron chi connectivity index (χ4n) is 1.85. The van der Waals surface area contributed by atoms with Crippen molar-refractivity contribution in [1.82, 2.24) is 10.2 Å². The second kappa shape index (κ2) is 5.69. The Bertz CT molecular complexity index is 475. The smallest absolute Gasteiger partial charge is 0.263 e. The minimum absolute atomic E-state index is 0.0515. The first kappa shape index (κ1) is 13.3. The molecule has 1 aromatic rings. The van der Waals surface area contributed by atoms with E-state index in [0.717, 1.165) is 0 Å². The van der Waals surface area contributed by atoms with Gasteiger partial charge in [0.2, 0.25) is 5.91 Å². The Kier molecular flexibility index (Phi) is 3.99. The number of hydrogen-bond donors (Lipinski definition) is 1. The highest BCUT2D eigenvalue weighted by molar-refractivity contribution is 5.88. The van der Waals surface area contributed by atoms with Gasteiger partial charge in [0, 0.05) is 13.1 Å².